The number of hydrogen-bond donors (Lipinski definition) is 1. The van der Waals surface area contributed by atoms with Gasteiger partial charge >= 0.3 is 0 Å². The Labute approximate surface area is 142 Å². The van der Waals surface area contributed by atoms with Gasteiger partial charge in [0.1, 0.15) is 24.1 Å². The summed E-state index contributed by atoms with van der Waals surface area (Å²) in [7, 11) is 0. The molecule has 0 unspecified atom stereocenters. The van der Waals surface area contributed by atoms with E-state index < -0.39 is 17.5 Å². The third-order valence-electron chi connectivity index (χ3n) is 3.29. The van der Waals surface area contributed by atoms with Gasteiger partial charge < -0.3 is 10.1 Å². The second-order valence-corrected chi connectivity index (χ2v) is 5.33. The number of anilines is 2. The van der Waals surface area contributed by atoms with E-state index in [4.69, 9.17) is 4.74 Å². The highest BCUT2D eigenvalue weighted by atomic mass is 19.1. The van der Waals surface area contributed by atoms with Gasteiger partial charge in [-0.3, -0.25) is 0 Å². The van der Waals surface area contributed by atoms with Gasteiger partial charge in [-0.1, -0.05) is 6.07 Å². The molecule has 4 nitrogen and oxygen atoms in total. The molecule has 3 rings (SSSR count). The number of aromatic nitrogens is 2. The lowest BCUT2D eigenvalue weighted by Crippen LogP contribution is -2.04. The average Bonchev–Trinajstić information content (AvgIpc) is 2.55. The average molecular weight is 345 g/mol. The number of rotatable bonds is 5. The van der Waals surface area contributed by atoms with Crippen LogP contribution in [0.2, 0.25) is 0 Å². The fourth-order valence-electron chi connectivity index (χ4n) is 2.17. The van der Waals surface area contributed by atoms with Crippen LogP contribution in [0.15, 0.2) is 48.5 Å². The van der Waals surface area contributed by atoms with Crippen LogP contribution >= 0.6 is 0 Å². The third kappa shape index (κ3) is 4.47. The Balaban J connectivity index is 1.76. The number of benzene rings is 2. The number of hydrogen-bond acceptors (Lipinski definition) is 4. The van der Waals surface area contributed by atoms with Gasteiger partial charge in [0, 0.05) is 23.0 Å². The largest absolute Gasteiger partial charge is 0.473 e. The first kappa shape index (κ1) is 16.8. The van der Waals surface area contributed by atoms with Gasteiger partial charge in [0.25, 0.3) is 0 Å². The van der Waals surface area contributed by atoms with Crippen LogP contribution in [0.1, 0.15) is 11.3 Å². The van der Waals surface area contributed by atoms with Crippen molar-refractivity contribution in [3.05, 3.63) is 77.2 Å². The van der Waals surface area contributed by atoms with Crippen LogP contribution in [-0.2, 0) is 6.61 Å². The first-order valence-corrected chi connectivity index (χ1v) is 7.44. The fourth-order valence-corrected chi connectivity index (χ4v) is 2.17. The van der Waals surface area contributed by atoms with E-state index in [2.05, 4.69) is 15.3 Å². The topological polar surface area (TPSA) is 47.0 Å². The molecule has 0 saturated carbocycles. The summed E-state index contributed by atoms with van der Waals surface area (Å²) in [6.45, 7) is 1.55. The third-order valence-corrected chi connectivity index (χ3v) is 3.29. The molecule has 0 aliphatic rings. The standard InChI is InChI=1S/C18H14F3N3O/c1-11-7-17(25-10-12-8-14(20)5-6-16(12)21)24-18(22-11)23-15-4-2-3-13(19)9-15/h2-9H,10H2,1H3,(H,22,23,24). The summed E-state index contributed by atoms with van der Waals surface area (Å²) >= 11 is 0. The Morgan fingerprint density at radius 3 is 2.56 bits per heavy atom. The lowest BCUT2D eigenvalue weighted by atomic mass is 10.2. The van der Waals surface area contributed by atoms with Crippen LogP contribution in [-0.4, -0.2) is 9.97 Å². The molecule has 0 saturated heterocycles. The van der Waals surface area contributed by atoms with E-state index in [1.807, 2.05) is 0 Å². The maximum Gasteiger partial charge on any atom is 0.230 e. The summed E-state index contributed by atoms with van der Waals surface area (Å²) < 4.78 is 45.5. The Kier molecular flexibility index (Phi) is 4.83. The molecule has 0 spiro atoms. The molecule has 0 aliphatic heterocycles. The molecule has 0 amide bonds. The highest BCUT2D eigenvalue weighted by Crippen LogP contribution is 2.19. The molecule has 0 atom stereocenters. The van der Waals surface area contributed by atoms with Crippen molar-refractivity contribution in [3.63, 3.8) is 0 Å². The molecule has 0 bridgehead atoms. The SMILES string of the molecule is Cc1cc(OCc2cc(F)ccc2F)nc(Nc2cccc(F)c2)n1. The smallest absolute Gasteiger partial charge is 0.230 e. The fraction of sp³-hybridized carbons (Fsp3) is 0.111. The van der Waals surface area contributed by atoms with E-state index in [1.54, 1.807) is 25.1 Å². The maximum atomic E-state index is 13.6. The number of halogens is 3. The summed E-state index contributed by atoms with van der Waals surface area (Å²) in [5, 5.41) is 2.87. The Morgan fingerprint density at radius 1 is 0.960 bits per heavy atom. The van der Waals surface area contributed by atoms with Crippen LogP contribution in [0.5, 0.6) is 5.88 Å². The van der Waals surface area contributed by atoms with Crippen LogP contribution in [0.25, 0.3) is 0 Å². The Bertz CT molecular complexity index is 902. The second kappa shape index (κ2) is 7.21. The summed E-state index contributed by atoms with van der Waals surface area (Å²) in [4.78, 5) is 8.33. The van der Waals surface area contributed by atoms with E-state index >= 15 is 0 Å². The van der Waals surface area contributed by atoms with Crippen molar-refractivity contribution in [1.29, 1.82) is 0 Å². The van der Waals surface area contributed by atoms with Gasteiger partial charge in [-0.05, 0) is 43.3 Å². The predicted octanol–water partition coefficient (Wildman–Crippen LogP) is 4.52. The molecule has 1 heterocycles. The maximum absolute atomic E-state index is 13.6. The first-order valence-electron chi connectivity index (χ1n) is 7.44. The molecule has 7 heteroatoms. The van der Waals surface area contributed by atoms with Gasteiger partial charge in [0.2, 0.25) is 11.8 Å². The van der Waals surface area contributed by atoms with Crippen molar-refractivity contribution in [1.82, 2.24) is 9.97 Å². The van der Waals surface area contributed by atoms with Crippen molar-refractivity contribution in [3.8, 4) is 5.88 Å². The quantitative estimate of drug-likeness (QED) is 0.738. The minimum Gasteiger partial charge on any atom is -0.473 e. The highest BCUT2D eigenvalue weighted by Gasteiger charge is 2.08. The van der Waals surface area contributed by atoms with Gasteiger partial charge in [-0.2, -0.15) is 4.98 Å². The van der Waals surface area contributed by atoms with Crippen molar-refractivity contribution < 1.29 is 17.9 Å². The predicted molar refractivity (Wildman–Crippen MR) is 87.1 cm³/mol. The minimum atomic E-state index is -0.565. The van der Waals surface area contributed by atoms with Gasteiger partial charge in [0.15, 0.2) is 0 Å². The first-order chi connectivity index (χ1) is 12.0. The van der Waals surface area contributed by atoms with E-state index in [1.165, 1.54) is 12.1 Å². The Morgan fingerprint density at radius 2 is 1.76 bits per heavy atom. The van der Waals surface area contributed by atoms with Crippen LogP contribution in [0, 0.1) is 24.4 Å². The zero-order chi connectivity index (χ0) is 17.8. The molecule has 0 fully saturated rings. The molecule has 3 aromatic rings. The van der Waals surface area contributed by atoms with E-state index in [-0.39, 0.29) is 24.0 Å². The van der Waals surface area contributed by atoms with Crippen LogP contribution < -0.4 is 10.1 Å². The molecule has 0 aliphatic carbocycles. The van der Waals surface area contributed by atoms with Crippen molar-refractivity contribution >= 4 is 11.6 Å². The summed E-state index contributed by atoms with van der Waals surface area (Å²) in [6.07, 6.45) is 0. The zero-order valence-corrected chi connectivity index (χ0v) is 13.3. The molecular weight excluding hydrogens is 331 g/mol. The normalized spacial score (nSPS) is 10.6. The molecular formula is C18H14F3N3O. The summed E-state index contributed by atoms with van der Waals surface area (Å²) in [5.74, 6) is -1.11. The summed E-state index contributed by atoms with van der Waals surface area (Å²) in [6, 6.07) is 10.5. The molecule has 1 N–H and O–H groups in total. The molecule has 128 valence electrons. The van der Waals surface area contributed by atoms with Crippen LogP contribution in [0.3, 0.4) is 0 Å². The highest BCUT2D eigenvalue weighted by molar-refractivity contribution is 5.53. The number of nitrogens with one attached hydrogen (secondary N) is 1. The zero-order valence-electron chi connectivity index (χ0n) is 13.3. The number of nitrogens with zero attached hydrogens (tertiary/aromatic N) is 2. The number of aryl methyl sites for hydroxylation is 1. The monoisotopic (exact) mass is 345 g/mol. The second-order valence-electron chi connectivity index (χ2n) is 5.33. The summed E-state index contributed by atoms with van der Waals surface area (Å²) in [5.41, 5.74) is 1.16. The van der Waals surface area contributed by atoms with Gasteiger partial charge in [-0.25, -0.2) is 18.2 Å². The number of ether oxygens (including phenoxy) is 1. The van der Waals surface area contributed by atoms with Gasteiger partial charge in [0.05, 0.1) is 0 Å². The van der Waals surface area contributed by atoms with E-state index in [9.17, 15) is 13.2 Å². The lowest BCUT2D eigenvalue weighted by Gasteiger charge is -2.10. The Hall–Kier alpha value is -3.09. The lowest BCUT2D eigenvalue weighted by molar-refractivity contribution is 0.287. The van der Waals surface area contributed by atoms with Crippen molar-refractivity contribution in [2.45, 2.75) is 13.5 Å². The van der Waals surface area contributed by atoms with Crippen LogP contribution in [0.4, 0.5) is 24.8 Å². The van der Waals surface area contributed by atoms with Crippen molar-refractivity contribution in [2.75, 3.05) is 5.32 Å². The van der Waals surface area contributed by atoms with E-state index in [0.29, 0.717) is 11.4 Å². The molecule has 0 radical (unpaired) electrons. The minimum absolute atomic E-state index is 0.0795. The van der Waals surface area contributed by atoms with E-state index in [0.717, 1.165) is 18.2 Å². The molecule has 2 aromatic carbocycles. The van der Waals surface area contributed by atoms with Crippen molar-refractivity contribution in [2.24, 2.45) is 0 Å². The molecule has 1 aromatic heterocycles. The molecule has 25 heavy (non-hydrogen) atoms. The van der Waals surface area contributed by atoms with Gasteiger partial charge in [-0.15, -0.1) is 0 Å².